The Morgan fingerprint density at radius 2 is 1.97 bits per heavy atom. The van der Waals surface area contributed by atoms with Crippen LogP contribution in [-0.2, 0) is 9.53 Å². The molecule has 0 spiro atoms. The Hall–Kier alpha value is -2.98. The third-order valence-electron chi connectivity index (χ3n) is 6.71. The number of carbonyl (C=O) groups excluding carboxylic acids is 1. The van der Waals surface area contributed by atoms with Gasteiger partial charge >= 0.3 is 0 Å². The molecule has 1 aliphatic carbocycles. The van der Waals surface area contributed by atoms with Crippen LogP contribution in [0.4, 0.5) is 5.69 Å². The second-order valence-corrected chi connectivity index (χ2v) is 9.23. The lowest BCUT2D eigenvalue weighted by Gasteiger charge is -2.30. The largest absolute Gasteiger partial charge is 0.423 e. The minimum absolute atomic E-state index is 0.0698. The zero-order valence-corrected chi connectivity index (χ0v) is 18.1. The second kappa shape index (κ2) is 7.61. The molecule has 1 amide bonds. The van der Waals surface area contributed by atoms with E-state index in [9.17, 15) is 10.1 Å². The Kier molecular flexibility index (Phi) is 4.90. The number of nitrogens with one attached hydrogen (secondary N) is 1. The maximum Gasteiger partial charge on any atom is 0.226 e. The van der Waals surface area contributed by atoms with Crippen LogP contribution >= 0.6 is 0 Å². The van der Waals surface area contributed by atoms with Gasteiger partial charge in [0, 0.05) is 30.3 Å². The molecule has 2 unspecified atom stereocenters. The van der Waals surface area contributed by atoms with E-state index in [0.29, 0.717) is 24.0 Å². The van der Waals surface area contributed by atoms with Gasteiger partial charge in [-0.3, -0.25) is 9.80 Å². The Morgan fingerprint density at radius 1 is 1.23 bits per heavy atom. The number of hydrogen-bond donors (Lipinski definition) is 2. The number of ether oxygens (including phenoxy) is 1. The minimum atomic E-state index is -0.261. The molecule has 0 radical (unpaired) electrons. The van der Waals surface area contributed by atoms with E-state index in [1.54, 1.807) is 0 Å². The maximum absolute atomic E-state index is 12.3. The van der Waals surface area contributed by atoms with Crippen LogP contribution in [0, 0.1) is 17.2 Å². The molecule has 1 saturated carbocycles. The molecule has 1 aromatic carbocycles. The van der Waals surface area contributed by atoms with Crippen molar-refractivity contribution in [1.29, 1.82) is 5.26 Å². The molecule has 4 aliphatic rings. The predicted molar refractivity (Wildman–Crippen MR) is 117 cm³/mol. The van der Waals surface area contributed by atoms with Crippen molar-refractivity contribution in [3.63, 3.8) is 0 Å². The highest BCUT2D eigenvalue weighted by molar-refractivity contribution is 5.94. The van der Waals surface area contributed by atoms with Crippen LogP contribution in [0.3, 0.4) is 0 Å². The first kappa shape index (κ1) is 20.0. The van der Waals surface area contributed by atoms with Crippen molar-refractivity contribution in [3.8, 4) is 6.07 Å². The number of amides is 1. The summed E-state index contributed by atoms with van der Waals surface area (Å²) in [5, 5.41) is 12.1. The van der Waals surface area contributed by atoms with Gasteiger partial charge in [-0.25, -0.2) is 5.43 Å². The van der Waals surface area contributed by atoms with E-state index in [-0.39, 0.29) is 23.8 Å². The van der Waals surface area contributed by atoms with Crippen molar-refractivity contribution in [3.05, 3.63) is 52.7 Å². The SMILES string of the molecule is CC(C)C1NN(C2CC2)C2=C1C(c1ccc(N3CCCCC3=O)cc1)C(C#N)=C(N)O2. The molecule has 0 bridgehead atoms. The third kappa shape index (κ3) is 3.35. The Balaban J connectivity index is 1.55. The molecular weight excluding hydrogens is 390 g/mol. The van der Waals surface area contributed by atoms with Crippen LogP contribution in [0.1, 0.15) is 57.4 Å². The fraction of sp³-hybridized carbons (Fsp3) is 0.500. The van der Waals surface area contributed by atoms with Gasteiger partial charge in [-0.05, 0) is 49.3 Å². The maximum atomic E-state index is 12.3. The van der Waals surface area contributed by atoms with E-state index in [0.717, 1.165) is 54.9 Å². The highest BCUT2D eigenvalue weighted by Gasteiger charge is 2.48. The normalized spacial score (nSPS) is 26.3. The van der Waals surface area contributed by atoms with Crippen LogP contribution in [-0.4, -0.2) is 29.5 Å². The van der Waals surface area contributed by atoms with Gasteiger partial charge < -0.3 is 15.4 Å². The summed E-state index contributed by atoms with van der Waals surface area (Å²) in [6.07, 6.45) is 4.84. The molecule has 2 fully saturated rings. The summed E-state index contributed by atoms with van der Waals surface area (Å²) in [6.45, 7) is 5.11. The molecule has 3 heterocycles. The van der Waals surface area contributed by atoms with Crippen LogP contribution in [0.2, 0.25) is 0 Å². The lowest BCUT2D eigenvalue weighted by molar-refractivity contribution is -0.119. The first-order valence-corrected chi connectivity index (χ1v) is 11.3. The van der Waals surface area contributed by atoms with Gasteiger partial charge in [-0.15, -0.1) is 0 Å². The van der Waals surface area contributed by atoms with Crippen LogP contribution in [0.25, 0.3) is 0 Å². The van der Waals surface area contributed by atoms with Crippen LogP contribution in [0.5, 0.6) is 0 Å². The molecule has 2 atom stereocenters. The van der Waals surface area contributed by atoms with Crippen molar-refractivity contribution in [1.82, 2.24) is 10.4 Å². The van der Waals surface area contributed by atoms with Crippen molar-refractivity contribution in [2.75, 3.05) is 11.4 Å². The average molecular weight is 420 g/mol. The quantitative estimate of drug-likeness (QED) is 0.778. The van der Waals surface area contributed by atoms with E-state index in [1.807, 2.05) is 29.2 Å². The summed E-state index contributed by atoms with van der Waals surface area (Å²) < 4.78 is 6.02. The highest BCUT2D eigenvalue weighted by atomic mass is 16.5. The predicted octanol–water partition coefficient (Wildman–Crippen LogP) is 3.23. The number of hydrogen-bond acceptors (Lipinski definition) is 6. The van der Waals surface area contributed by atoms with Gasteiger partial charge in [-0.2, -0.15) is 5.26 Å². The summed E-state index contributed by atoms with van der Waals surface area (Å²) in [7, 11) is 0. The number of allylic oxidation sites excluding steroid dienone is 1. The topological polar surface area (TPSA) is 94.6 Å². The standard InChI is InChI=1S/C24H29N5O2/c1-14(2)22-21-20(15-6-8-16(9-7-15)28-12-4-3-5-19(28)30)18(13-25)23(26)31-24(21)29(27-22)17-10-11-17/h6-9,14,17,20,22,27H,3-5,10-12,26H2,1-2H3. The van der Waals surface area contributed by atoms with Gasteiger partial charge in [0.2, 0.25) is 17.7 Å². The molecule has 31 heavy (non-hydrogen) atoms. The molecule has 1 saturated heterocycles. The fourth-order valence-electron chi connectivity index (χ4n) is 4.92. The Morgan fingerprint density at radius 3 is 2.58 bits per heavy atom. The van der Waals surface area contributed by atoms with E-state index >= 15 is 0 Å². The van der Waals surface area contributed by atoms with Gasteiger partial charge in [0.05, 0.1) is 12.0 Å². The van der Waals surface area contributed by atoms with Crippen molar-refractivity contribution in [2.45, 2.75) is 64.0 Å². The first-order chi connectivity index (χ1) is 15.0. The number of carbonyl (C=O) groups is 1. The molecule has 5 rings (SSSR count). The number of benzene rings is 1. The van der Waals surface area contributed by atoms with E-state index < -0.39 is 0 Å². The summed E-state index contributed by atoms with van der Waals surface area (Å²) in [4.78, 5) is 14.2. The van der Waals surface area contributed by atoms with Gasteiger partial charge in [0.1, 0.15) is 11.6 Å². The van der Waals surface area contributed by atoms with Gasteiger partial charge in [0.15, 0.2) is 0 Å². The molecule has 7 heteroatoms. The van der Waals surface area contributed by atoms with Crippen molar-refractivity contribution < 1.29 is 9.53 Å². The Bertz CT molecular complexity index is 1000. The molecule has 0 aromatic heterocycles. The fourth-order valence-corrected chi connectivity index (χ4v) is 4.92. The summed E-state index contributed by atoms with van der Waals surface area (Å²) >= 11 is 0. The van der Waals surface area contributed by atoms with Gasteiger partial charge in [0.25, 0.3) is 0 Å². The van der Waals surface area contributed by atoms with Crippen molar-refractivity contribution in [2.24, 2.45) is 11.7 Å². The number of rotatable bonds is 4. The zero-order valence-electron chi connectivity index (χ0n) is 18.1. The number of nitrogens with two attached hydrogens (primary N) is 1. The van der Waals surface area contributed by atoms with Crippen molar-refractivity contribution >= 4 is 11.6 Å². The average Bonchev–Trinajstić information content (AvgIpc) is 3.54. The van der Waals surface area contributed by atoms with Crippen LogP contribution in [0.15, 0.2) is 47.2 Å². The number of nitriles is 1. The molecule has 7 nitrogen and oxygen atoms in total. The number of piperidine rings is 1. The lowest BCUT2D eigenvalue weighted by atomic mass is 9.78. The molecule has 162 valence electrons. The van der Waals surface area contributed by atoms with Gasteiger partial charge in [-0.1, -0.05) is 26.0 Å². The number of nitrogens with zero attached hydrogens (tertiary/aromatic N) is 3. The number of hydrazine groups is 1. The summed E-state index contributed by atoms with van der Waals surface area (Å²) in [6, 6.07) is 10.8. The third-order valence-corrected chi connectivity index (χ3v) is 6.71. The summed E-state index contributed by atoms with van der Waals surface area (Å²) in [5.74, 6) is 1.18. The van der Waals surface area contributed by atoms with E-state index in [4.69, 9.17) is 10.5 Å². The summed E-state index contributed by atoms with van der Waals surface area (Å²) in [5.41, 5.74) is 13.3. The van der Waals surface area contributed by atoms with Crippen LogP contribution < -0.4 is 16.1 Å². The minimum Gasteiger partial charge on any atom is -0.423 e. The first-order valence-electron chi connectivity index (χ1n) is 11.3. The zero-order chi connectivity index (χ0) is 21.7. The highest BCUT2D eigenvalue weighted by Crippen LogP contribution is 2.47. The molecular formula is C24H29N5O2. The smallest absolute Gasteiger partial charge is 0.226 e. The monoisotopic (exact) mass is 419 g/mol. The number of anilines is 1. The molecule has 3 aliphatic heterocycles. The molecule has 3 N–H and O–H groups in total. The second-order valence-electron chi connectivity index (χ2n) is 9.23. The van der Waals surface area contributed by atoms with E-state index in [1.165, 1.54) is 0 Å². The lowest BCUT2D eigenvalue weighted by Crippen LogP contribution is -2.41. The molecule has 1 aromatic rings. The van der Waals surface area contributed by atoms with E-state index in [2.05, 4.69) is 30.4 Å². The Labute approximate surface area is 183 Å².